The first-order valence-corrected chi connectivity index (χ1v) is 6.38. The van der Waals surface area contributed by atoms with Gasteiger partial charge in [0, 0.05) is 5.92 Å². The summed E-state index contributed by atoms with van der Waals surface area (Å²) in [5.74, 6) is -0.0950. The Morgan fingerprint density at radius 3 is 2.86 bits per heavy atom. The van der Waals surface area contributed by atoms with E-state index in [9.17, 15) is 9.46 Å². The third kappa shape index (κ3) is 1.94. The molecule has 0 amide bonds. The Morgan fingerprint density at radius 1 is 1.93 bits per heavy atom. The van der Waals surface area contributed by atoms with E-state index in [0.29, 0.717) is 12.8 Å². The van der Waals surface area contributed by atoms with E-state index >= 15 is 0 Å². The minimum atomic E-state index is -3.70. The van der Waals surface area contributed by atoms with E-state index < -0.39 is 12.9 Å². The summed E-state index contributed by atoms with van der Waals surface area (Å²) in [6.07, 6.45) is 2.56. The molecule has 4 atom stereocenters. The van der Waals surface area contributed by atoms with Crippen LogP contribution in [0.15, 0.2) is 12.7 Å². The molecule has 0 spiro atoms. The lowest BCUT2D eigenvalue weighted by molar-refractivity contribution is 0.177. The lowest BCUT2D eigenvalue weighted by atomic mass is 10.3. The second kappa shape index (κ2) is 3.78. The molecule has 0 aliphatic heterocycles. The fourth-order valence-corrected chi connectivity index (χ4v) is 3.11. The zero-order valence-corrected chi connectivity index (χ0v) is 9.54. The highest BCUT2D eigenvalue weighted by molar-refractivity contribution is 7.55. The Hall–Kier alpha value is -0.150. The SMILES string of the molecule is C=CC1CC1(N)P(=O)(O)OC(C)CC. The van der Waals surface area contributed by atoms with E-state index in [4.69, 9.17) is 10.3 Å². The van der Waals surface area contributed by atoms with E-state index in [0.717, 1.165) is 0 Å². The summed E-state index contributed by atoms with van der Waals surface area (Å²) >= 11 is 0. The van der Waals surface area contributed by atoms with Crippen LogP contribution in [-0.4, -0.2) is 16.3 Å². The third-order valence-corrected chi connectivity index (χ3v) is 4.95. The first kappa shape index (κ1) is 11.9. The van der Waals surface area contributed by atoms with Gasteiger partial charge in [0.1, 0.15) is 5.28 Å². The van der Waals surface area contributed by atoms with E-state index in [2.05, 4.69) is 6.58 Å². The zero-order valence-electron chi connectivity index (χ0n) is 8.64. The molecule has 0 bridgehead atoms. The van der Waals surface area contributed by atoms with Crippen molar-refractivity contribution in [1.29, 1.82) is 0 Å². The lowest BCUT2D eigenvalue weighted by Gasteiger charge is -2.22. The summed E-state index contributed by atoms with van der Waals surface area (Å²) in [7, 11) is -3.70. The van der Waals surface area contributed by atoms with Gasteiger partial charge in [0.2, 0.25) is 0 Å². The van der Waals surface area contributed by atoms with Gasteiger partial charge in [0.05, 0.1) is 6.10 Å². The van der Waals surface area contributed by atoms with E-state index in [1.807, 2.05) is 6.92 Å². The average Bonchev–Trinajstić information content (AvgIpc) is 2.78. The van der Waals surface area contributed by atoms with Gasteiger partial charge in [-0.05, 0) is 19.8 Å². The van der Waals surface area contributed by atoms with E-state index in [-0.39, 0.29) is 12.0 Å². The van der Waals surface area contributed by atoms with Gasteiger partial charge in [0.15, 0.2) is 0 Å². The molecule has 1 aliphatic carbocycles. The molecule has 0 radical (unpaired) electrons. The van der Waals surface area contributed by atoms with Crippen LogP contribution in [0.4, 0.5) is 0 Å². The van der Waals surface area contributed by atoms with Crippen molar-refractivity contribution in [3.8, 4) is 0 Å². The van der Waals surface area contributed by atoms with Gasteiger partial charge in [-0.2, -0.15) is 0 Å². The third-order valence-electron chi connectivity index (χ3n) is 2.74. The minimum Gasteiger partial charge on any atom is -0.323 e. The van der Waals surface area contributed by atoms with Crippen LogP contribution in [0, 0.1) is 5.92 Å². The van der Waals surface area contributed by atoms with Gasteiger partial charge < -0.3 is 15.2 Å². The summed E-state index contributed by atoms with van der Waals surface area (Å²) in [5, 5.41) is -1.09. The second-order valence-electron chi connectivity index (χ2n) is 3.88. The number of nitrogens with two attached hydrogens (primary N) is 1. The summed E-state index contributed by atoms with van der Waals surface area (Å²) in [5.41, 5.74) is 5.77. The van der Waals surface area contributed by atoms with Crippen LogP contribution in [0.3, 0.4) is 0 Å². The van der Waals surface area contributed by atoms with Crippen LogP contribution in [0.25, 0.3) is 0 Å². The summed E-state index contributed by atoms with van der Waals surface area (Å²) in [6, 6.07) is 0. The molecule has 82 valence electrons. The van der Waals surface area contributed by atoms with Crippen molar-refractivity contribution in [2.75, 3.05) is 0 Å². The molecule has 5 heteroatoms. The molecule has 3 N–H and O–H groups in total. The van der Waals surface area contributed by atoms with Crippen molar-refractivity contribution >= 4 is 7.60 Å². The molecule has 1 saturated carbocycles. The molecular weight excluding hydrogens is 201 g/mol. The Morgan fingerprint density at radius 2 is 2.50 bits per heavy atom. The van der Waals surface area contributed by atoms with Gasteiger partial charge in [0.25, 0.3) is 0 Å². The van der Waals surface area contributed by atoms with Crippen LogP contribution in [0.2, 0.25) is 0 Å². The Bertz CT molecular complexity index is 281. The standard InChI is InChI=1S/C9H18NO3P/c1-4-7(3)13-14(11,12)9(10)6-8(9)5-2/h5,7-8H,2,4,6,10H2,1,3H3,(H,11,12). The van der Waals surface area contributed by atoms with Crippen molar-refractivity contribution in [3.63, 3.8) is 0 Å². The fraction of sp³-hybridized carbons (Fsp3) is 0.778. The van der Waals surface area contributed by atoms with Crippen LogP contribution in [-0.2, 0) is 9.09 Å². The summed E-state index contributed by atoms with van der Waals surface area (Å²) in [6.45, 7) is 7.22. The van der Waals surface area contributed by atoms with Crippen LogP contribution >= 0.6 is 7.60 Å². The van der Waals surface area contributed by atoms with Crippen molar-refractivity contribution in [2.45, 2.75) is 38.1 Å². The van der Waals surface area contributed by atoms with Crippen molar-refractivity contribution in [1.82, 2.24) is 0 Å². The maximum Gasteiger partial charge on any atom is 0.348 e. The quantitative estimate of drug-likeness (QED) is 0.546. The molecule has 0 heterocycles. The molecule has 0 aromatic heterocycles. The number of hydrogen-bond acceptors (Lipinski definition) is 3. The second-order valence-corrected chi connectivity index (χ2v) is 5.97. The summed E-state index contributed by atoms with van der Waals surface area (Å²) < 4.78 is 16.9. The molecular formula is C9H18NO3P. The fourth-order valence-electron chi connectivity index (χ4n) is 1.32. The molecule has 0 aromatic rings. The van der Waals surface area contributed by atoms with Gasteiger partial charge in [-0.3, -0.25) is 4.57 Å². The summed E-state index contributed by atoms with van der Waals surface area (Å²) in [4.78, 5) is 9.68. The highest BCUT2D eigenvalue weighted by Crippen LogP contribution is 2.68. The van der Waals surface area contributed by atoms with Gasteiger partial charge in [-0.15, -0.1) is 6.58 Å². The minimum absolute atomic E-state index is 0.0950. The van der Waals surface area contributed by atoms with Crippen molar-refractivity contribution in [3.05, 3.63) is 12.7 Å². The monoisotopic (exact) mass is 219 g/mol. The lowest BCUT2D eigenvalue weighted by Crippen LogP contribution is -2.27. The van der Waals surface area contributed by atoms with E-state index in [1.54, 1.807) is 13.0 Å². The maximum absolute atomic E-state index is 11.8. The molecule has 4 nitrogen and oxygen atoms in total. The Kier molecular flexibility index (Phi) is 3.22. The highest BCUT2D eigenvalue weighted by Gasteiger charge is 2.63. The first-order chi connectivity index (χ1) is 6.37. The first-order valence-electron chi connectivity index (χ1n) is 4.80. The molecule has 1 fully saturated rings. The highest BCUT2D eigenvalue weighted by atomic mass is 31.2. The molecule has 4 unspecified atom stereocenters. The van der Waals surface area contributed by atoms with Gasteiger partial charge >= 0.3 is 7.60 Å². The maximum atomic E-state index is 11.8. The van der Waals surface area contributed by atoms with Crippen molar-refractivity contribution < 1.29 is 14.0 Å². The Balaban J connectivity index is 2.67. The van der Waals surface area contributed by atoms with Crippen LogP contribution in [0.5, 0.6) is 0 Å². The predicted octanol–water partition coefficient (Wildman–Crippen LogP) is 1.85. The molecule has 1 rings (SSSR count). The smallest absolute Gasteiger partial charge is 0.323 e. The van der Waals surface area contributed by atoms with Crippen LogP contribution in [0.1, 0.15) is 26.7 Å². The van der Waals surface area contributed by atoms with E-state index in [1.165, 1.54) is 0 Å². The average molecular weight is 219 g/mol. The number of rotatable bonds is 5. The topological polar surface area (TPSA) is 72.6 Å². The molecule has 0 saturated heterocycles. The van der Waals surface area contributed by atoms with Crippen molar-refractivity contribution in [2.24, 2.45) is 11.7 Å². The van der Waals surface area contributed by atoms with Crippen LogP contribution < -0.4 is 5.73 Å². The normalized spacial score (nSPS) is 37.3. The number of hydrogen-bond donors (Lipinski definition) is 2. The zero-order chi connectivity index (χ0) is 11.0. The largest absolute Gasteiger partial charge is 0.348 e. The molecule has 1 aliphatic rings. The molecule has 0 aromatic carbocycles. The molecule has 14 heavy (non-hydrogen) atoms. The predicted molar refractivity (Wildman–Crippen MR) is 55.9 cm³/mol. The van der Waals surface area contributed by atoms with Gasteiger partial charge in [-0.25, -0.2) is 0 Å². The van der Waals surface area contributed by atoms with Gasteiger partial charge in [-0.1, -0.05) is 13.0 Å². The Labute approximate surface area is 84.7 Å².